The molecule has 0 nitrogen and oxygen atoms in total. The highest BCUT2D eigenvalue weighted by Gasteiger charge is 1.90. The monoisotopic (exact) mass is 210 g/mol. The highest BCUT2D eigenvalue weighted by Crippen LogP contribution is 2.18. The molecule has 0 amide bonds. The Morgan fingerprint density at radius 1 is 1.67 bits per heavy atom. The average Bonchev–Trinajstić information content (AvgIpc) is 2.09. The quantitative estimate of drug-likeness (QED) is 0.617. The Kier molecular flexibility index (Phi) is 0.771. The SMILES string of the molecule is [2H]c1c(Cl)c([2H])c(C([2H])([2H])[2H])c([2H])c1Br. The zero-order valence-electron chi connectivity index (χ0n) is 10.3. The number of hydrogen-bond acceptors (Lipinski definition) is 0. The first kappa shape index (κ1) is 2.55. The maximum Gasteiger partial charge on any atom is 0.0650 e. The number of hydrogen-bond donors (Lipinski definition) is 0. The van der Waals surface area contributed by atoms with Crippen molar-refractivity contribution in [2.45, 2.75) is 6.85 Å². The minimum Gasteiger partial charge on any atom is -0.0843 e. The van der Waals surface area contributed by atoms with E-state index in [1.807, 2.05) is 0 Å². The number of halogens is 2. The van der Waals surface area contributed by atoms with Crippen LogP contribution < -0.4 is 0 Å². The van der Waals surface area contributed by atoms with Crippen molar-refractivity contribution in [2.24, 2.45) is 0 Å². The molecule has 48 valence electrons. The Labute approximate surface area is 76.4 Å². The highest BCUT2D eigenvalue weighted by atomic mass is 79.9. The van der Waals surface area contributed by atoms with Crippen molar-refractivity contribution in [1.82, 2.24) is 0 Å². The summed E-state index contributed by atoms with van der Waals surface area (Å²) in [6, 6.07) is -1.09. The molecule has 9 heavy (non-hydrogen) atoms. The summed E-state index contributed by atoms with van der Waals surface area (Å²) in [6.45, 7) is -2.58. The second-order valence-electron chi connectivity index (χ2n) is 1.38. The highest BCUT2D eigenvalue weighted by molar-refractivity contribution is 9.10. The molecule has 0 radical (unpaired) electrons. The van der Waals surface area contributed by atoms with Gasteiger partial charge in [0.1, 0.15) is 0 Å². The summed E-state index contributed by atoms with van der Waals surface area (Å²) >= 11 is 8.54. The van der Waals surface area contributed by atoms with Gasteiger partial charge < -0.3 is 0 Å². The summed E-state index contributed by atoms with van der Waals surface area (Å²) in [7, 11) is 0. The number of rotatable bonds is 0. The van der Waals surface area contributed by atoms with Gasteiger partial charge >= 0.3 is 0 Å². The fourth-order valence-corrected chi connectivity index (χ4v) is 1.11. The van der Waals surface area contributed by atoms with E-state index in [0.29, 0.717) is 0 Å². The minimum absolute atomic E-state index is 0.00498. The van der Waals surface area contributed by atoms with E-state index >= 15 is 0 Å². The van der Waals surface area contributed by atoms with Gasteiger partial charge in [-0.25, -0.2) is 0 Å². The van der Waals surface area contributed by atoms with Crippen molar-refractivity contribution < 1.29 is 8.22 Å². The fraction of sp³-hybridized carbons (Fsp3) is 0.143. The zero-order valence-corrected chi connectivity index (χ0v) is 6.60. The maximum absolute atomic E-state index is 7.52. The standard InChI is InChI=1S/C7H6BrCl/c1-5-2-6(8)4-7(9)3-5/h2-4H,1H3/i1D3,2D,3D,4D. The lowest BCUT2D eigenvalue weighted by molar-refractivity contribution is 1.45. The van der Waals surface area contributed by atoms with Crippen molar-refractivity contribution in [3.63, 3.8) is 0 Å². The van der Waals surface area contributed by atoms with Gasteiger partial charge in [-0.15, -0.1) is 0 Å². The van der Waals surface area contributed by atoms with Crippen LogP contribution in [0.5, 0.6) is 0 Å². The van der Waals surface area contributed by atoms with Crippen LogP contribution in [0.3, 0.4) is 0 Å². The zero-order chi connectivity index (χ0) is 12.0. The van der Waals surface area contributed by atoms with E-state index in [1.54, 1.807) is 0 Å². The Hall–Kier alpha value is -0.0100. The Balaban J connectivity index is 3.68. The first-order valence-electron chi connectivity index (χ1n) is 5.13. The number of benzene rings is 1. The molecular formula is C7H6BrCl. The van der Waals surface area contributed by atoms with Gasteiger partial charge in [0.15, 0.2) is 0 Å². The van der Waals surface area contributed by atoms with E-state index in [-0.39, 0.29) is 21.6 Å². The van der Waals surface area contributed by atoms with Crippen LogP contribution in [-0.2, 0) is 0 Å². The van der Waals surface area contributed by atoms with Crippen molar-refractivity contribution >= 4 is 27.5 Å². The third kappa shape index (κ3) is 1.99. The summed E-state index contributed by atoms with van der Waals surface area (Å²) in [4.78, 5) is 0. The van der Waals surface area contributed by atoms with Crippen LogP contribution in [0, 0.1) is 6.85 Å². The average molecular weight is 212 g/mol. The van der Waals surface area contributed by atoms with E-state index in [9.17, 15) is 0 Å². The summed E-state index contributed by atoms with van der Waals surface area (Å²) in [5.41, 5.74) is -0.435. The van der Waals surface area contributed by atoms with Gasteiger partial charge in [0.2, 0.25) is 0 Å². The Morgan fingerprint density at radius 2 is 2.44 bits per heavy atom. The maximum atomic E-state index is 7.52. The lowest BCUT2D eigenvalue weighted by atomic mass is 10.2. The third-order valence-electron chi connectivity index (χ3n) is 0.689. The van der Waals surface area contributed by atoms with Gasteiger partial charge in [0, 0.05) is 13.6 Å². The largest absolute Gasteiger partial charge is 0.0843 e. The first-order chi connectivity index (χ1) is 6.68. The molecule has 1 aromatic carbocycles. The lowest BCUT2D eigenvalue weighted by Crippen LogP contribution is -1.70. The topological polar surface area (TPSA) is 0 Å². The van der Waals surface area contributed by atoms with Gasteiger partial charge in [0.05, 0.1) is 4.11 Å². The van der Waals surface area contributed by atoms with E-state index in [0.717, 1.165) is 0 Å². The molecule has 0 saturated carbocycles. The normalized spacial score (nSPS) is 20.7. The second-order valence-corrected chi connectivity index (χ2v) is 2.55. The summed E-state index contributed by atoms with van der Waals surface area (Å²) in [5.74, 6) is 0. The van der Waals surface area contributed by atoms with Crippen molar-refractivity contribution in [1.29, 1.82) is 0 Å². The van der Waals surface area contributed by atoms with Crippen LogP contribution >= 0.6 is 27.5 Å². The molecule has 0 aliphatic rings. The molecule has 0 aromatic heterocycles. The van der Waals surface area contributed by atoms with Crippen LogP contribution in [0.4, 0.5) is 0 Å². The van der Waals surface area contributed by atoms with Crippen LogP contribution in [0.15, 0.2) is 22.6 Å². The predicted octanol–water partition coefficient (Wildman–Crippen LogP) is 3.41. The molecule has 0 unspecified atom stereocenters. The van der Waals surface area contributed by atoms with Gasteiger partial charge in [0.25, 0.3) is 0 Å². The molecule has 0 N–H and O–H groups in total. The van der Waals surface area contributed by atoms with E-state index < -0.39 is 18.5 Å². The van der Waals surface area contributed by atoms with Gasteiger partial charge in [-0.3, -0.25) is 0 Å². The van der Waals surface area contributed by atoms with Crippen molar-refractivity contribution in [2.75, 3.05) is 0 Å². The van der Waals surface area contributed by atoms with Gasteiger partial charge in [-0.2, -0.15) is 0 Å². The van der Waals surface area contributed by atoms with Crippen molar-refractivity contribution in [3.8, 4) is 0 Å². The van der Waals surface area contributed by atoms with Crippen LogP contribution in [0.1, 0.15) is 13.8 Å². The molecule has 1 aromatic rings. The molecule has 0 heterocycles. The molecule has 0 fully saturated rings. The molecule has 0 atom stereocenters. The fourth-order valence-electron chi connectivity index (χ4n) is 0.410. The molecule has 0 aliphatic heterocycles. The van der Waals surface area contributed by atoms with E-state index in [2.05, 4.69) is 15.9 Å². The van der Waals surface area contributed by atoms with E-state index in [1.165, 1.54) is 0 Å². The smallest absolute Gasteiger partial charge is 0.0650 e. The van der Waals surface area contributed by atoms with E-state index in [4.69, 9.17) is 19.8 Å². The summed E-state index contributed by atoms with van der Waals surface area (Å²) in [6.07, 6.45) is 0. The molecule has 0 saturated heterocycles. The minimum atomic E-state index is -2.58. The molecule has 0 bridgehead atoms. The Morgan fingerprint density at radius 3 is 3.11 bits per heavy atom. The van der Waals surface area contributed by atoms with Crippen LogP contribution in [0.2, 0.25) is 5.02 Å². The Bertz CT molecular complexity index is 384. The summed E-state index contributed by atoms with van der Waals surface area (Å²) < 4.78 is 43.9. The van der Waals surface area contributed by atoms with Gasteiger partial charge in [-0.05, 0) is 30.5 Å². The molecular weight excluding hydrogens is 199 g/mol. The van der Waals surface area contributed by atoms with Gasteiger partial charge in [-0.1, -0.05) is 27.5 Å². The molecule has 2 heteroatoms. The predicted molar refractivity (Wildman–Crippen MR) is 43.9 cm³/mol. The van der Waals surface area contributed by atoms with Crippen LogP contribution in [-0.4, -0.2) is 0 Å². The third-order valence-corrected chi connectivity index (χ3v) is 1.27. The lowest BCUT2D eigenvalue weighted by Gasteiger charge is -1.93. The molecule has 0 spiro atoms. The first-order valence-corrected chi connectivity index (χ1v) is 3.30. The van der Waals surface area contributed by atoms with Crippen molar-refractivity contribution in [3.05, 3.63) is 33.2 Å². The summed E-state index contributed by atoms with van der Waals surface area (Å²) in [5, 5.41) is -0.260. The van der Waals surface area contributed by atoms with Crippen LogP contribution in [0.25, 0.3) is 0 Å². The second kappa shape index (κ2) is 2.72. The molecule has 0 aliphatic carbocycles. The molecule has 1 rings (SSSR count).